The van der Waals surface area contributed by atoms with Gasteiger partial charge >= 0.3 is 5.97 Å². The number of nitrogens with zero attached hydrogens (tertiary/aromatic N) is 1. The summed E-state index contributed by atoms with van der Waals surface area (Å²) in [6, 6.07) is 1.13. The molecule has 1 rings (SSSR count). The van der Waals surface area contributed by atoms with Crippen LogP contribution in [0, 0.1) is 3.70 Å². The lowest BCUT2D eigenvalue weighted by Crippen LogP contribution is -2.08. The number of hydrogen-bond donors (Lipinski definition) is 1. The molecule has 0 amide bonds. The van der Waals surface area contributed by atoms with E-state index in [2.05, 4.69) is 4.98 Å². The van der Waals surface area contributed by atoms with Crippen LogP contribution in [0.2, 0.25) is 0 Å². The minimum absolute atomic E-state index is 0.0368. The quantitative estimate of drug-likeness (QED) is 0.519. The second-order valence-corrected chi connectivity index (χ2v) is 3.90. The third-order valence-electron chi connectivity index (χ3n) is 1.66. The number of hydrogen-bond acceptors (Lipinski definition) is 2. The van der Waals surface area contributed by atoms with Crippen molar-refractivity contribution in [1.29, 1.82) is 0 Å². The van der Waals surface area contributed by atoms with Gasteiger partial charge in [0.2, 0.25) is 0 Å². The van der Waals surface area contributed by atoms with Crippen LogP contribution in [-0.2, 0) is 5.88 Å². The van der Waals surface area contributed by atoms with Crippen LogP contribution in [0.1, 0.15) is 28.0 Å². The number of rotatable bonds is 3. The molecule has 0 bridgehead atoms. The monoisotopic (exact) mass is 347 g/mol. The highest BCUT2D eigenvalue weighted by Crippen LogP contribution is 2.25. The van der Waals surface area contributed by atoms with Crippen molar-refractivity contribution >= 4 is 40.2 Å². The molecule has 0 aliphatic carbocycles. The fraction of sp³-hybridized carbons (Fsp3) is 0.250. The van der Waals surface area contributed by atoms with E-state index in [9.17, 15) is 13.6 Å². The van der Waals surface area contributed by atoms with Crippen LogP contribution in [0.4, 0.5) is 8.78 Å². The van der Waals surface area contributed by atoms with Gasteiger partial charge in [0.1, 0.15) is 9.39 Å². The Morgan fingerprint density at radius 3 is 2.67 bits per heavy atom. The van der Waals surface area contributed by atoms with Gasteiger partial charge in [-0.1, -0.05) is 0 Å². The lowest BCUT2D eigenvalue weighted by atomic mass is 10.1. The van der Waals surface area contributed by atoms with Gasteiger partial charge in [-0.3, -0.25) is 0 Å². The summed E-state index contributed by atoms with van der Waals surface area (Å²) < 4.78 is 25.2. The Morgan fingerprint density at radius 1 is 1.67 bits per heavy atom. The van der Waals surface area contributed by atoms with Crippen molar-refractivity contribution in [2.24, 2.45) is 0 Å². The van der Waals surface area contributed by atoms with E-state index in [0.29, 0.717) is 9.26 Å². The summed E-state index contributed by atoms with van der Waals surface area (Å²) in [6.45, 7) is 0. The molecule has 0 saturated heterocycles. The molecule has 0 fully saturated rings. The molecule has 1 N–H and O–H groups in total. The van der Waals surface area contributed by atoms with Crippen molar-refractivity contribution < 1.29 is 18.7 Å². The van der Waals surface area contributed by atoms with Gasteiger partial charge in [0.15, 0.2) is 0 Å². The first-order valence-corrected chi connectivity index (χ1v) is 5.35. The smallest absolute Gasteiger partial charge is 0.337 e. The van der Waals surface area contributed by atoms with Crippen molar-refractivity contribution in [2.75, 3.05) is 0 Å². The second kappa shape index (κ2) is 5.02. The molecule has 0 aliphatic heterocycles. The van der Waals surface area contributed by atoms with Gasteiger partial charge in [0.05, 0.1) is 5.56 Å². The topological polar surface area (TPSA) is 50.2 Å². The summed E-state index contributed by atoms with van der Waals surface area (Å²) in [5, 5.41) is 8.71. The van der Waals surface area contributed by atoms with Crippen molar-refractivity contribution in [3.05, 3.63) is 26.6 Å². The molecule has 15 heavy (non-hydrogen) atoms. The standard InChI is InChI=1S/C8H5ClF2INO2/c9-2-3-1-4(8(14)15)5(6(10)11)13-7(3)12/h1,6H,2H2,(H,14,15). The number of carbonyl (C=O) groups is 1. The Hall–Kier alpha value is -0.500. The van der Waals surface area contributed by atoms with E-state index >= 15 is 0 Å². The third kappa shape index (κ3) is 2.75. The Morgan fingerprint density at radius 2 is 2.27 bits per heavy atom. The Kier molecular flexibility index (Phi) is 4.21. The zero-order valence-corrected chi connectivity index (χ0v) is 10.1. The highest BCUT2D eigenvalue weighted by atomic mass is 127. The number of carboxylic acid groups (broad SMARTS) is 1. The molecule has 82 valence electrons. The molecule has 0 aliphatic rings. The summed E-state index contributed by atoms with van der Waals surface area (Å²) in [7, 11) is 0. The van der Waals surface area contributed by atoms with E-state index in [-0.39, 0.29) is 5.88 Å². The number of alkyl halides is 3. The van der Waals surface area contributed by atoms with E-state index in [1.165, 1.54) is 0 Å². The molecule has 0 radical (unpaired) electrons. The molecular weight excluding hydrogens is 342 g/mol. The second-order valence-electron chi connectivity index (χ2n) is 2.61. The molecule has 1 aromatic rings. The number of aromatic carboxylic acids is 1. The Balaban J connectivity index is 3.39. The number of carboxylic acids is 1. The van der Waals surface area contributed by atoms with Crippen molar-refractivity contribution in [2.45, 2.75) is 12.3 Å². The molecule has 3 nitrogen and oxygen atoms in total. The SMILES string of the molecule is O=C(O)c1cc(CCl)c(I)nc1C(F)F. The van der Waals surface area contributed by atoms with Crippen LogP contribution in [-0.4, -0.2) is 16.1 Å². The first-order valence-electron chi connectivity index (χ1n) is 3.74. The minimum atomic E-state index is -2.91. The fourth-order valence-electron chi connectivity index (χ4n) is 0.977. The summed E-state index contributed by atoms with van der Waals surface area (Å²) in [5.74, 6) is -1.39. The van der Waals surface area contributed by atoms with Gasteiger partial charge in [-0.15, -0.1) is 11.6 Å². The number of pyridine rings is 1. The van der Waals surface area contributed by atoms with Gasteiger partial charge < -0.3 is 5.11 Å². The zero-order valence-electron chi connectivity index (χ0n) is 7.18. The van der Waals surface area contributed by atoms with E-state index in [1.54, 1.807) is 22.6 Å². The van der Waals surface area contributed by atoms with Crippen LogP contribution in [0.25, 0.3) is 0 Å². The van der Waals surface area contributed by atoms with Gasteiger partial charge in [-0.25, -0.2) is 18.6 Å². The highest BCUT2D eigenvalue weighted by Gasteiger charge is 2.21. The van der Waals surface area contributed by atoms with E-state index < -0.39 is 23.7 Å². The first-order chi connectivity index (χ1) is 6.97. The average molecular weight is 347 g/mol. The number of aromatic nitrogens is 1. The maximum absolute atomic E-state index is 12.4. The Labute approximate surface area is 103 Å². The van der Waals surface area contributed by atoms with Gasteiger partial charge in [0.25, 0.3) is 6.43 Å². The normalized spacial score (nSPS) is 10.7. The first kappa shape index (κ1) is 12.6. The molecule has 0 unspecified atom stereocenters. The largest absolute Gasteiger partial charge is 0.478 e. The van der Waals surface area contributed by atoms with Gasteiger partial charge in [-0.05, 0) is 34.2 Å². The average Bonchev–Trinajstić information content (AvgIpc) is 2.16. The predicted octanol–water partition coefficient (Wildman–Crippen LogP) is 3.06. The van der Waals surface area contributed by atoms with Gasteiger partial charge in [-0.2, -0.15) is 0 Å². The van der Waals surface area contributed by atoms with E-state index in [4.69, 9.17) is 16.7 Å². The molecular formula is C8H5ClF2INO2. The molecule has 0 saturated carbocycles. The maximum Gasteiger partial charge on any atom is 0.337 e. The summed E-state index contributed by atoms with van der Waals surface area (Å²) >= 11 is 7.25. The van der Waals surface area contributed by atoms with E-state index in [1.807, 2.05) is 0 Å². The minimum Gasteiger partial charge on any atom is -0.478 e. The summed E-state index contributed by atoms with van der Waals surface area (Å²) in [5.41, 5.74) is -0.791. The lowest BCUT2D eigenvalue weighted by molar-refractivity contribution is 0.0682. The maximum atomic E-state index is 12.4. The highest BCUT2D eigenvalue weighted by molar-refractivity contribution is 14.1. The van der Waals surface area contributed by atoms with Crippen LogP contribution in [0.5, 0.6) is 0 Å². The molecule has 0 aromatic carbocycles. The molecule has 0 spiro atoms. The van der Waals surface area contributed by atoms with Crippen LogP contribution >= 0.6 is 34.2 Å². The third-order valence-corrected chi connectivity index (χ3v) is 2.88. The molecule has 0 atom stereocenters. The molecule has 1 heterocycles. The van der Waals surface area contributed by atoms with Gasteiger partial charge in [0, 0.05) is 5.88 Å². The van der Waals surface area contributed by atoms with Crippen molar-refractivity contribution in [1.82, 2.24) is 4.98 Å². The predicted molar refractivity (Wildman–Crippen MR) is 58.4 cm³/mol. The summed E-state index contributed by atoms with van der Waals surface area (Å²) in [4.78, 5) is 14.2. The fourth-order valence-corrected chi connectivity index (χ4v) is 2.01. The van der Waals surface area contributed by atoms with Crippen LogP contribution in [0.15, 0.2) is 6.07 Å². The Bertz CT molecular complexity index is 400. The molecule has 1 aromatic heterocycles. The van der Waals surface area contributed by atoms with Crippen molar-refractivity contribution in [3.63, 3.8) is 0 Å². The summed E-state index contributed by atoms with van der Waals surface area (Å²) in [6.07, 6.45) is -2.91. The lowest BCUT2D eigenvalue weighted by Gasteiger charge is -2.07. The van der Waals surface area contributed by atoms with Crippen molar-refractivity contribution in [3.8, 4) is 0 Å². The number of halogens is 4. The van der Waals surface area contributed by atoms with E-state index in [0.717, 1.165) is 6.07 Å². The molecule has 7 heteroatoms. The zero-order chi connectivity index (χ0) is 11.6. The van der Waals surface area contributed by atoms with Crippen LogP contribution in [0.3, 0.4) is 0 Å². The van der Waals surface area contributed by atoms with Crippen LogP contribution < -0.4 is 0 Å².